The molecule has 1 aliphatic heterocycles. The first-order valence-electron chi connectivity index (χ1n) is 8.99. The normalized spacial score (nSPS) is 19.7. The number of quaternary nitrogens is 1. The minimum atomic E-state index is -0.0826. The van der Waals surface area contributed by atoms with Gasteiger partial charge in [0, 0.05) is 24.1 Å². The molecule has 2 aromatic carbocycles. The maximum Gasteiger partial charge on any atom is 0.255 e. The van der Waals surface area contributed by atoms with E-state index in [2.05, 4.69) is 31.5 Å². The van der Waals surface area contributed by atoms with Crippen molar-refractivity contribution in [1.82, 2.24) is 0 Å². The molecule has 3 rings (SSSR count). The van der Waals surface area contributed by atoms with Crippen molar-refractivity contribution in [2.75, 3.05) is 26.0 Å². The van der Waals surface area contributed by atoms with E-state index in [1.807, 2.05) is 42.5 Å². The molecule has 2 aromatic rings. The van der Waals surface area contributed by atoms with Gasteiger partial charge in [0.15, 0.2) is 0 Å². The predicted octanol–water partition coefficient (Wildman–Crippen LogP) is -0.822. The highest BCUT2D eigenvalue weighted by atomic mass is 35.5. The molecular formula is C21H27ClN2O2. The number of carbonyl (C=O) groups excluding carboxylic acids is 1. The number of ether oxygens (including phenoxy) is 1. The first-order chi connectivity index (χ1) is 12.1. The fraction of sp³-hybridized carbons (Fsp3) is 0.381. The zero-order chi connectivity index (χ0) is 17.6. The molecule has 2 atom stereocenters. The van der Waals surface area contributed by atoms with Crippen molar-refractivity contribution in [3.63, 3.8) is 0 Å². The number of benzene rings is 2. The molecule has 2 N–H and O–H groups in total. The summed E-state index contributed by atoms with van der Waals surface area (Å²) in [7, 11) is 4.44. The topological polar surface area (TPSA) is 42.8 Å². The van der Waals surface area contributed by atoms with Gasteiger partial charge < -0.3 is 27.4 Å². The van der Waals surface area contributed by atoms with Crippen molar-refractivity contribution in [3.05, 3.63) is 65.7 Å². The van der Waals surface area contributed by atoms with Crippen molar-refractivity contribution in [3.8, 4) is 0 Å². The number of amides is 1. The molecule has 26 heavy (non-hydrogen) atoms. The fourth-order valence-electron chi connectivity index (χ4n) is 3.33. The summed E-state index contributed by atoms with van der Waals surface area (Å²) in [5.74, 6) is -0.0826. The highest BCUT2D eigenvalue weighted by Gasteiger charge is 2.26. The average molecular weight is 375 g/mol. The van der Waals surface area contributed by atoms with Gasteiger partial charge in [0.1, 0.15) is 0 Å². The molecule has 140 valence electrons. The quantitative estimate of drug-likeness (QED) is 0.718. The smallest absolute Gasteiger partial charge is 0.255 e. The monoisotopic (exact) mass is 374 g/mol. The molecule has 0 saturated carbocycles. The molecule has 2 unspecified atom stereocenters. The van der Waals surface area contributed by atoms with E-state index < -0.39 is 0 Å². The number of hydrogen-bond donors (Lipinski definition) is 2. The molecule has 1 heterocycles. The number of carbonyl (C=O) groups is 1. The van der Waals surface area contributed by atoms with Gasteiger partial charge in [0.25, 0.3) is 5.91 Å². The Labute approximate surface area is 162 Å². The standard InChI is InChI=1S/C21H26N2O2.ClH/c1-23(2)19-12-13-25-20(15-19)14-16-8-10-18(11-9-16)22-21(24)17-6-4-3-5-7-17;/h3-11,19-20H,12-15H2,1-2H3,(H,22,24);1H. The Hall–Kier alpha value is -1.88. The average Bonchev–Trinajstić information content (AvgIpc) is 2.64. The van der Waals surface area contributed by atoms with Crippen molar-refractivity contribution in [2.45, 2.75) is 31.4 Å². The molecule has 4 nitrogen and oxygen atoms in total. The summed E-state index contributed by atoms with van der Waals surface area (Å²) in [5, 5.41) is 2.94. The summed E-state index contributed by atoms with van der Waals surface area (Å²) in [5.41, 5.74) is 2.73. The summed E-state index contributed by atoms with van der Waals surface area (Å²) >= 11 is 0. The summed E-state index contributed by atoms with van der Waals surface area (Å²) in [6.45, 7) is 0.853. The second kappa shape index (κ2) is 9.72. The van der Waals surface area contributed by atoms with Crippen LogP contribution in [0, 0.1) is 0 Å². The molecule has 1 saturated heterocycles. The molecule has 0 bridgehead atoms. The van der Waals surface area contributed by atoms with Crippen LogP contribution in [-0.4, -0.2) is 38.8 Å². The number of halogens is 1. The molecule has 0 aliphatic carbocycles. The van der Waals surface area contributed by atoms with Gasteiger partial charge in [-0.05, 0) is 36.2 Å². The maximum atomic E-state index is 12.2. The second-order valence-electron chi connectivity index (χ2n) is 7.01. The van der Waals surface area contributed by atoms with Gasteiger partial charge in [0.05, 0.1) is 32.8 Å². The van der Waals surface area contributed by atoms with Gasteiger partial charge in [-0.2, -0.15) is 0 Å². The highest BCUT2D eigenvalue weighted by molar-refractivity contribution is 6.04. The molecular weight excluding hydrogens is 348 g/mol. The minimum absolute atomic E-state index is 0. The van der Waals surface area contributed by atoms with Gasteiger partial charge in [-0.15, -0.1) is 0 Å². The van der Waals surface area contributed by atoms with E-state index in [1.54, 1.807) is 0 Å². The lowest BCUT2D eigenvalue weighted by atomic mass is 9.97. The molecule has 0 aromatic heterocycles. The Morgan fingerprint density at radius 3 is 2.46 bits per heavy atom. The molecule has 1 fully saturated rings. The Morgan fingerprint density at radius 1 is 1.12 bits per heavy atom. The molecule has 0 radical (unpaired) electrons. The van der Waals surface area contributed by atoms with Crippen LogP contribution in [0.25, 0.3) is 0 Å². The van der Waals surface area contributed by atoms with Crippen molar-refractivity contribution in [1.29, 1.82) is 0 Å². The summed E-state index contributed by atoms with van der Waals surface area (Å²) in [6.07, 6.45) is 3.47. The number of rotatable bonds is 5. The predicted molar refractivity (Wildman–Crippen MR) is 100 cm³/mol. The first-order valence-corrected chi connectivity index (χ1v) is 8.99. The zero-order valence-electron chi connectivity index (χ0n) is 15.4. The lowest BCUT2D eigenvalue weighted by molar-refractivity contribution is -0.888. The fourth-order valence-corrected chi connectivity index (χ4v) is 3.33. The van der Waals surface area contributed by atoms with Crippen LogP contribution in [0.5, 0.6) is 0 Å². The van der Waals surface area contributed by atoms with Gasteiger partial charge in [-0.3, -0.25) is 4.79 Å². The Balaban J connectivity index is 0.00000243. The lowest BCUT2D eigenvalue weighted by Gasteiger charge is -2.31. The summed E-state index contributed by atoms with van der Waals surface area (Å²) in [4.78, 5) is 13.7. The van der Waals surface area contributed by atoms with Gasteiger partial charge in [-0.1, -0.05) is 30.3 Å². The van der Waals surface area contributed by atoms with E-state index in [1.165, 1.54) is 10.5 Å². The van der Waals surface area contributed by atoms with E-state index in [9.17, 15) is 4.79 Å². The molecule has 1 aliphatic rings. The van der Waals surface area contributed by atoms with Crippen LogP contribution in [-0.2, 0) is 11.2 Å². The van der Waals surface area contributed by atoms with Gasteiger partial charge in [0.2, 0.25) is 0 Å². The van der Waals surface area contributed by atoms with Crippen LogP contribution >= 0.6 is 0 Å². The van der Waals surface area contributed by atoms with Crippen LogP contribution in [0.3, 0.4) is 0 Å². The van der Waals surface area contributed by atoms with E-state index in [4.69, 9.17) is 4.74 Å². The Kier molecular flexibility index (Phi) is 7.64. The second-order valence-corrected chi connectivity index (χ2v) is 7.01. The van der Waals surface area contributed by atoms with Crippen LogP contribution in [0.4, 0.5) is 5.69 Å². The SMILES string of the molecule is C[NH+](C)C1CCOC(Cc2ccc(NC(=O)c3ccccc3)cc2)C1.[Cl-]. The summed E-state index contributed by atoms with van der Waals surface area (Å²) < 4.78 is 5.93. The largest absolute Gasteiger partial charge is 1.00 e. The van der Waals surface area contributed by atoms with Gasteiger partial charge >= 0.3 is 0 Å². The third kappa shape index (κ3) is 5.56. The highest BCUT2D eigenvalue weighted by Crippen LogP contribution is 2.18. The molecule has 0 spiro atoms. The Bertz CT molecular complexity index is 689. The van der Waals surface area contributed by atoms with E-state index in [0.29, 0.717) is 17.7 Å². The molecule has 1 amide bonds. The number of anilines is 1. The lowest BCUT2D eigenvalue weighted by Crippen LogP contribution is -3.10. The number of hydrogen-bond acceptors (Lipinski definition) is 2. The van der Waals surface area contributed by atoms with Gasteiger partial charge in [-0.25, -0.2) is 0 Å². The van der Waals surface area contributed by atoms with Crippen molar-refractivity contribution in [2.24, 2.45) is 0 Å². The maximum absolute atomic E-state index is 12.2. The minimum Gasteiger partial charge on any atom is -1.00 e. The van der Waals surface area contributed by atoms with E-state index >= 15 is 0 Å². The van der Waals surface area contributed by atoms with E-state index in [-0.39, 0.29) is 18.3 Å². The van der Waals surface area contributed by atoms with Crippen LogP contribution in [0.15, 0.2) is 54.6 Å². The van der Waals surface area contributed by atoms with Crippen molar-refractivity contribution < 1.29 is 26.8 Å². The Morgan fingerprint density at radius 2 is 1.81 bits per heavy atom. The summed E-state index contributed by atoms with van der Waals surface area (Å²) in [6, 6.07) is 18.0. The van der Waals surface area contributed by atoms with Crippen LogP contribution < -0.4 is 22.6 Å². The van der Waals surface area contributed by atoms with Crippen LogP contribution in [0.2, 0.25) is 0 Å². The van der Waals surface area contributed by atoms with E-state index in [0.717, 1.165) is 31.6 Å². The molecule has 5 heteroatoms. The third-order valence-corrected chi connectivity index (χ3v) is 4.89. The number of nitrogens with one attached hydrogen (secondary N) is 2. The first kappa shape index (κ1) is 20.4. The van der Waals surface area contributed by atoms with Crippen LogP contribution in [0.1, 0.15) is 28.8 Å². The van der Waals surface area contributed by atoms with Crippen molar-refractivity contribution >= 4 is 11.6 Å². The zero-order valence-corrected chi connectivity index (χ0v) is 16.1. The third-order valence-electron chi connectivity index (χ3n) is 4.89.